The van der Waals surface area contributed by atoms with Gasteiger partial charge in [-0.1, -0.05) is 5.92 Å². The Hall–Kier alpha value is -1.62. The summed E-state index contributed by atoms with van der Waals surface area (Å²) in [4.78, 5) is 2.42. The van der Waals surface area contributed by atoms with Gasteiger partial charge in [0.25, 0.3) is 0 Å². The van der Waals surface area contributed by atoms with Crippen molar-refractivity contribution in [3.63, 3.8) is 0 Å². The summed E-state index contributed by atoms with van der Waals surface area (Å²) in [5, 5.41) is 3.25. The molecule has 0 radical (unpaired) electrons. The average molecular weight is 214 g/mol. The van der Waals surface area contributed by atoms with Crippen molar-refractivity contribution in [2.75, 3.05) is 23.3 Å². The minimum atomic E-state index is 0.0811. The predicted octanol–water partition coefficient (Wildman–Crippen LogP) is 2.72. The zero-order valence-electron chi connectivity index (χ0n) is 9.74. The van der Waals surface area contributed by atoms with Gasteiger partial charge in [0.2, 0.25) is 0 Å². The minimum Gasteiger partial charge on any atom is -0.372 e. The van der Waals surface area contributed by atoms with Crippen LogP contribution in [0.15, 0.2) is 24.3 Å². The number of benzene rings is 1. The maximum atomic E-state index is 5.33. The fourth-order valence-electron chi connectivity index (χ4n) is 2.04. The Morgan fingerprint density at radius 3 is 2.44 bits per heavy atom. The van der Waals surface area contributed by atoms with E-state index in [0.29, 0.717) is 0 Å². The Morgan fingerprint density at radius 1 is 1.25 bits per heavy atom. The molecule has 1 N–H and O–H groups in total. The van der Waals surface area contributed by atoms with Crippen LogP contribution in [0.4, 0.5) is 11.4 Å². The van der Waals surface area contributed by atoms with Crippen LogP contribution >= 0.6 is 0 Å². The Bertz CT molecular complexity index is 369. The summed E-state index contributed by atoms with van der Waals surface area (Å²) in [6.07, 6.45) is 7.96. The molecule has 1 unspecified atom stereocenters. The van der Waals surface area contributed by atoms with E-state index in [1.165, 1.54) is 31.6 Å². The summed E-state index contributed by atoms with van der Waals surface area (Å²) in [7, 11) is 0. The van der Waals surface area contributed by atoms with Crippen LogP contribution in [0.2, 0.25) is 0 Å². The third-order valence-electron chi connectivity index (χ3n) is 2.97. The number of hydrogen-bond donors (Lipinski definition) is 1. The SMILES string of the molecule is C#CC(C)Nc1ccc(N2CCCC2)cc1. The molecule has 0 aromatic heterocycles. The summed E-state index contributed by atoms with van der Waals surface area (Å²) in [6.45, 7) is 4.36. The molecular weight excluding hydrogens is 196 g/mol. The van der Waals surface area contributed by atoms with Gasteiger partial charge in [-0.25, -0.2) is 0 Å². The highest BCUT2D eigenvalue weighted by Crippen LogP contribution is 2.22. The first kappa shape index (κ1) is 10.9. The van der Waals surface area contributed by atoms with Gasteiger partial charge in [-0.2, -0.15) is 0 Å². The summed E-state index contributed by atoms with van der Waals surface area (Å²) in [5.74, 6) is 2.66. The van der Waals surface area contributed by atoms with E-state index >= 15 is 0 Å². The van der Waals surface area contributed by atoms with Crippen molar-refractivity contribution in [2.45, 2.75) is 25.8 Å². The van der Waals surface area contributed by atoms with Crippen molar-refractivity contribution in [3.8, 4) is 12.3 Å². The summed E-state index contributed by atoms with van der Waals surface area (Å²) < 4.78 is 0. The van der Waals surface area contributed by atoms with Crippen LogP contribution < -0.4 is 10.2 Å². The number of nitrogens with one attached hydrogen (secondary N) is 1. The van der Waals surface area contributed by atoms with Crippen molar-refractivity contribution in [1.82, 2.24) is 0 Å². The average Bonchev–Trinajstić information content (AvgIpc) is 2.83. The first-order valence-electron chi connectivity index (χ1n) is 5.87. The van der Waals surface area contributed by atoms with Crippen molar-refractivity contribution >= 4 is 11.4 Å². The highest BCUT2D eigenvalue weighted by molar-refractivity contribution is 5.56. The standard InChI is InChI=1S/C14H18N2/c1-3-12(2)15-13-6-8-14(9-7-13)16-10-4-5-11-16/h1,6-9,12,15H,4-5,10-11H2,2H3. The van der Waals surface area contributed by atoms with E-state index in [1.54, 1.807) is 0 Å². The maximum absolute atomic E-state index is 5.33. The van der Waals surface area contributed by atoms with E-state index in [-0.39, 0.29) is 6.04 Å². The molecule has 1 saturated heterocycles. The lowest BCUT2D eigenvalue weighted by molar-refractivity contribution is 0.949. The highest BCUT2D eigenvalue weighted by atomic mass is 15.1. The topological polar surface area (TPSA) is 15.3 Å². The van der Waals surface area contributed by atoms with Gasteiger partial charge >= 0.3 is 0 Å². The van der Waals surface area contributed by atoms with Gasteiger partial charge in [0.05, 0.1) is 6.04 Å². The van der Waals surface area contributed by atoms with Crippen LogP contribution in [0.1, 0.15) is 19.8 Å². The van der Waals surface area contributed by atoms with Crippen LogP contribution in [0, 0.1) is 12.3 Å². The summed E-state index contributed by atoms with van der Waals surface area (Å²) in [6, 6.07) is 8.61. The van der Waals surface area contributed by atoms with Crippen LogP contribution in [0.25, 0.3) is 0 Å². The lowest BCUT2D eigenvalue weighted by Crippen LogP contribution is -2.17. The van der Waals surface area contributed by atoms with E-state index in [9.17, 15) is 0 Å². The number of rotatable bonds is 3. The number of nitrogens with zero attached hydrogens (tertiary/aromatic N) is 1. The molecular formula is C14H18N2. The van der Waals surface area contributed by atoms with E-state index < -0.39 is 0 Å². The van der Waals surface area contributed by atoms with Gasteiger partial charge in [-0.05, 0) is 44.0 Å². The first-order chi connectivity index (χ1) is 7.79. The van der Waals surface area contributed by atoms with Crippen LogP contribution in [0.5, 0.6) is 0 Å². The molecule has 1 aliphatic rings. The van der Waals surface area contributed by atoms with Crippen molar-refractivity contribution in [3.05, 3.63) is 24.3 Å². The second-order valence-corrected chi connectivity index (χ2v) is 4.27. The molecule has 1 aliphatic heterocycles. The van der Waals surface area contributed by atoms with Gasteiger partial charge in [-0.3, -0.25) is 0 Å². The molecule has 84 valence electrons. The monoisotopic (exact) mass is 214 g/mol. The molecule has 16 heavy (non-hydrogen) atoms. The van der Waals surface area contributed by atoms with Gasteiger partial charge < -0.3 is 10.2 Å². The van der Waals surface area contributed by atoms with Gasteiger partial charge in [0.15, 0.2) is 0 Å². The van der Waals surface area contributed by atoms with Gasteiger partial charge in [0.1, 0.15) is 0 Å². The van der Waals surface area contributed by atoms with E-state index in [0.717, 1.165) is 5.69 Å². The number of terminal acetylenes is 1. The minimum absolute atomic E-state index is 0.0811. The summed E-state index contributed by atoms with van der Waals surface area (Å²) >= 11 is 0. The maximum Gasteiger partial charge on any atom is 0.0845 e. The third kappa shape index (κ3) is 2.49. The Morgan fingerprint density at radius 2 is 1.88 bits per heavy atom. The third-order valence-corrected chi connectivity index (χ3v) is 2.97. The zero-order valence-corrected chi connectivity index (χ0v) is 9.74. The molecule has 1 atom stereocenters. The van der Waals surface area contributed by atoms with Crippen LogP contribution in [-0.2, 0) is 0 Å². The molecule has 1 aromatic rings. The molecule has 0 bridgehead atoms. The molecule has 0 aliphatic carbocycles. The largest absolute Gasteiger partial charge is 0.372 e. The van der Waals surface area contributed by atoms with Crippen molar-refractivity contribution in [1.29, 1.82) is 0 Å². The van der Waals surface area contributed by atoms with Crippen molar-refractivity contribution < 1.29 is 0 Å². The Labute approximate surface area is 97.7 Å². The fraction of sp³-hybridized carbons (Fsp3) is 0.429. The van der Waals surface area contributed by atoms with E-state index in [1.807, 2.05) is 6.92 Å². The normalized spacial score (nSPS) is 16.9. The van der Waals surface area contributed by atoms with E-state index in [2.05, 4.69) is 40.4 Å². The molecule has 0 amide bonds. The van der Waals surface area contributed by atoms with Gasteiger partial charge in [-0.15, -0.1) is 6.42 Å². The predicted molar refractivity (Wildman–Crippen MR) is 69.8 cm³/mol. The zero-order chi connectivity index (χ0) is 11.4. The summed E-state index contributed by atoms with van der Waals surface area (Å²) in [5.41, 5.74) is 2.41. The molecule has 1 heterocycles. The molecule has 2 nitrogen and oxygen atoms in total. The smallest absolute Gasteiger partial charge is 0.0845 e. The second kappa shape index (κ2) is 4.94. The highest BCUT2D eigenvalue weighted by Gasteiger charge is 2.11. The first-order valence-corrected chi connectivity index (χ1v) is 5.87. The van der Waals surface area contributed by atoms with E-state index in [4.69, 9.17) is 6.42 Å². The molecule has 0 saturated carbocycles. The lowest BCUT2D eigenvalue weighted by atomic mass is 10.2. The lowest BCUT2D eigenvalue weighted by Gasteiger charge is -2.18. The van der Waals surface area contributed by atoms with Crippen LogP contribution in [-0.4, -0.2) is 19.1 Å². The molecule has 1 fully saturated rings. The number of hydrogen-bond acceptors (Lipinski definition) is 2. The van der Waals surface area contributed by atoms with Gasteiger partial charge in [0, 0.05) is 24.5 Å². The number of anilines is 2. The fourth-order valence-corrected chi connectivity index (χ4v) is 2.04. The van der Waals surface area contributed by atoms with Crippen molar-refractivity contribution in [2.24, 2.45) is 0 Å². The molecule has 1 aromatic carbocycles. The molecule has 2 rings (SSSR count). The van der Waals surface area contributed by atoms with Crippen LogP contribution in [0.3, 0.4) is 0 Å². The second-order valence-electron chi connectivity index (χ2n) is 4.27. The Balaban J connectivity index is 2.01. The Kier molecular flexibility index (Phi) is 3.36. The molecule has 0 spiro atoms. The quantitative estimate of drug-likeness (QED) is 0.778. The molecule has 2 heteroatoms.